The first kappa shape index (κ1) is 10.5. The first-order chi connectivity index (χ1) is 6.67. The molecule has 0 saturated heterocycles. The molecule has 4 heteroatoms. The highest BCUT2D eigenvalue weighted by Gasteiger charge is 2.02. The van der Waals surface area contributed by atoms with E-state index in [9.17, 15) is 0 Å². The monoisotopic (exact) mass is 193 g/mol. The van der Waals surface area contributed by atoms with E-state index in [0.29, 0.717) is 11.7 Å². The number of hydrogen-bond donors (Lipinski definition) is 1. The Balaban J connectivity index is 3.07. The van der Waals surface area contributed by atoms with E-state index < -0.39 is 0 Å². The molecule has 0 fully saturated rings. The van der Waals surface area contributed by atoms with Gasteiger partial charge >= 0.3 is 0 Å². The third-order valence-electron chi connectivity index (χ3n) is 1.82. The van der Waals surface area contributed by atoms with Crippen LogP contribution in [-0.4, -0.2) is 17.9 Å². The molecule has 4 nitrogen and oxygen atoms in total. The van der Waals surface area contributed by atoms with Crippen LogP contribution in [0.5, 0.6) is 5.75 Å². The molecule has 0 bridgehead atoms. The van der Waals surface area contributed by atoms with Gasteiger partial charge in [0, 0.05) is 17.8 Å². The molecule has 1 rings (SSSR count). The summed E-state index contributed by atoms with van der Waals surface area (Å²) in [5.41, 5.74) is 6.53. The van der Waals surface area contributed by atoms with E-state index in [2.05, 4.69) is 16.9 Å². The molecule has 0 atom stereocenters. The number of aryl methyl sites for hydroxylation is 1. The van der Waals surface area contributed by atoms with Crippen molar-refractivity contribution in [1.82, 2.24) is 4.98 Å². The van der Waals surface area contributed by atoms with Gasteiger partial charge in [-0.05, 0) is 13.3 Å². The zero-order valence-electron chi connectivity index (χ0n) is 8.74. The number of ether oxygens (including phenoxy) is 1. The van der Waals surface area contributed by atoms with Gasteiger partial charge in [-0.1, -0.05) is 6.92 Å². The van der Waals surface area contributed by atoms with Crippen molar-refractivity contribution in [3.05, 3.63) is 17.8 Å². The summed E-state index contributed by atoms with van der Waals surface area (Å²) >= 11 is 0. The molecule has 0 unspecified atom stereocenters. The van der Waals surface area contributed by atoms with Crippen molar-refractivity contribution in [3.63, 3.8) is 0 Å². The van der Waals surface area contributed by atoms with Crippen LogP contribution in [0.15, 0.2) is 17.3 Å². The smallest absolute Gasteiger partial charge is 0.157 e. The Kier molecular flexibility index (Phi) is 3.45. The Hall–Kier alpha value is -1.58. The van der Waals surface area contributed by atoms with Crippen molar-refractivity contribution >= 4 is 11.7 Å². The van der Waals surface area contributed by atoms with Gasteiger partial charge in [0.15, 0.2) is 5.82 Å². The summed E-state index contributed by atoms with van der Waals surface area (Å²) in [5.74, 6) is 1.88. The molecule has 0 radical (unpaired) electrons. The molecule has 0 spiro atoms. The molecular formula is C10H15N3O. The summed E-state index contributed by atoms with van der Waals surface area (Å²) in [5, 5.41) is 0. The van der Waals surface area contributed by atoms with Gasteiger partial charge in [0.25, 0.3) is 0 Å². The standard InChI is InChI=1S/C10H15N3O/c1-4-8-6-12-10(13-7(2)11)5-9(8)14-3/h5-6H,4H2,1-3H3,(H2,11,12,13). The number of nitrogens with zero attached hydrogens (tertiary/aromatic N) is 2. The quantitative estimate of drug-likeness (QED) is 0.586. The average molecular weight is 193 g/mol. The van der Waals surface area contributed by atoms with E-state index >= 15 is 0 Å². The molecule has 0 saturated carbocycles. The second-order valence-electron chi connectivity index (χ2n) is 2.96. The maximum absolute atomic E-state index is 5.46. The van der Waals surface area contributed by atoms with Gasteiger partial charge in [-0.2, -0.15) is 0 Å². The Morgan fingerprint density at radius 2 is 2.36 bits per heavy atom. The van der Waals surface area contributed by atoms with E-state index in [0.717, 1.165) is 17.7 Å². The number of pyridine rings is 1. The zero-order chi connectivity index (χ0) is 10.6. The van der Waals surface area contributed by atoms with Crippen molar-refractivity contribution in [1.29, 1.82) is 0 Å². The normalized spacial score (nSPS) is 11.5. The Morgan fingerprint density at radius 3 is 2.86 bits per heavy atom. The van der Waals surface area contributed by atoms with Crippen molar-refractivity contribution in [2.75, 3.05) is 7.11 Å². The predicted octanol–water partition coefficient (Wildman–Crippen LogP) is 1.66. The minimum atomic E-state index is 0.490. The number of rotatable bonds is 3. The fraction of sp³-hybridized carbons (Fsp3) is 0.400. The highest BCUT2D eigenvalue weighted by molar-refractivity contribution is 5.80. The Morgan fingerprint density at radius 1 is 1.64 bits per heavy atom. The molecule has 1 aromatic rings. The van der Waals surface area contributed by atoms with E-state index in [-0.39, 0.29) is 0 Å². The van der Waals surface area contributed by atoms with E-state index in [1.54, 1.807) is 26.3 Å². The summed E-state index contributed by atoms with van der Waals surface area (Å²) in [6.45, 7) is 3.78. The lowest BCUT2D eigenvalue weighted by molar-refractivity contribution is 0.409. The molecule has 1 aromatic heterocycles. The van der Waals surface area contributed by atoms with Crippen LogP contribution in [0.1, 0.15) is 19.4 Å². The molecule has 76 valence electrons. The van der Waals surface area contributed by atoms with Crippen LogP contribution >= 0.6 is 0 Å². The van der Waals surface area contributed by atoms with Gasteiger partial charge in [0.1, 0.15) is 5.75 Å². The first-order valence-corrected chi connectivity index (χ1v) is 4.51. The molecule has 0 aliphatic rings. The molecule has 2 N–H and O–H groups in total. The second kappa shape index (κ2) is 4.60. The van der Waals surface area contributed by atoms with Crippen LogP contribution < -0.4 is 10.5 Å². The number of hydrogen-bond acceptors (Lipinski definition) is 3. The summed E-state index contributed by atoms with van der Waals surface area (Å²) in [7, 11) is 1.64. The van der Waals surface area contributed by atoms with Crippen LogP contribution in [-0.2, 0) is 6.42 Å². The zero-order valence-corrected chi connectivity index (χ0v) is 8.74. The van der Waals surface area contributed by atoms with Crippen LogP contribution in [0.25, 0.3) is 0 Å². The molecule has 0 aliphatic heterocycles. The first-order valence-electron chi connectivity index (χ1n) is 4.51. The van der Waals surface area contributed by atoms with Gasteiger partial charge in [-0.3, -0.25) is 0 Å². The maximum atomic E-state index is 5.46. The van der Waals surface area contributed by atoms with Crippen LogP contribution in [0.3, 0.4) is 0 Å². The molecule has 1 heterocycles. The Bertz CT molecular complexity index is 343. The molecule has 14 heavy (non-hydrogen) atoms. The Labute approximate surface area is 83.8 Å². The third-order valence-corrected chi connectivity index (χ3v) is 1.82. The topological polar surface area (TPSA) is 60.5 Å². The van der Waals surface area contributed by atoms with Crippen molar-refractivity contribution in [2.24, 2.45) is 10.7 Å². The van der Waals surface area contributed by atoms with Crippen LogP contribution in [0.2, 0.25) is 0 Å². The van der Waals surface area contributed by atoms with E-state index in [4.69, 9.17) is 10.5 Å². The minimum Gasteiger partial charge on any atom is -0.496 e. The molecular weight excluding hydrogens is 178 g/mol. The fourth-order valence-electron chi connectivity index (χ4n) is 1.15. The highest BCUT2D eigenvalue weighted by Crippen LogP contribution is 2.22. The lowest BCUT2D eigenvalue weighted by Crippen LogP contribution is -2.04. The van der Waals surface area contributed by atoms with Gasteiger partial charge in [-0.25, -0.2) is 9.98 Å². The summed E-state index contributed by atoms with van der Waals surface area (Å²) in [6.07, 6.45) is 2.66. The molecule has 0 amide bonds. The van der Waals surface area contributed by atoms with E-state index in [1.807, 2.05) is 0 Å². The van der Waals surface area contributed by atoms with Gasteiger partial charge in [0.05, 0.1) is 12.9 Å². The van der Waals surface area contributed by atoms with Crippen LogP contribution in [0, 0.1) is 0 Å². The largest absolute Gasteiger partial charge is 0.496 e. The lowest BCUT2D eigenvalue weighted by Gasteiger charge is -2.06. The molecule has 0 aliphatic carbocycles. The summed E-state index contributed by atoms with van der Waals surface area (Å²) < 4.78 is 5.21. The van der Waals surface area contributed by atoms with E-state index in [1.165, 1.54) is 0 Å². The highest BCUT2D eigenvalue weighted by atomic mass is 16.5. The predicted molar refractivity (Wildman–Crippen MR) is 57.1 cm³/mol. The molecule has 0 aromatic carbocycles. The van der Waals surface area contributed by atoms with Crippen molar-refractivity contribution in [3.8, 4) is 5.75 Å². The van der Waals surface area contributed by atoms with Crippen molar-refractivity contribution in [2.45, 2.75) is 20.3 Å². The number of aromatic nitrogens is 1. The fourth-order valence-corrected chi connectivity index (χ4v) is 1.15. The summed E-state index contributed by atoms with van der Waals surface area (Å²) in [6, 6.07) is 1.79. The van der Waals surface area contributed by atoms with Crippen LogP contribution in [0.4, 0.5) is 5.82 Å². The average Bonchev–Trinajstić information content (AvgIpc) is 2.16. The summed E-state index contributed by atoms with van der Waals surface area (Å²) in [4.78, 5) is 8.20. The third kappa shape index (κ3) is 2.45. The number of aliphatic imine (C=N–C) groups is 1. The maximum Gasteiger partial charge on any atom is 0.157 e. The number of nitrogens with two attached hydrogens (primary N) is 1. The number of methoxy groups -OCH3 is 1. The number of amidine groups is 1. The van der Waals surface area contributed by atoms with Crippen molar-refractivity contribution < 1.29 is 4.74 Å². The lowest BCUT2D eigenvalue weighted by atomic mass is 10.2. The van der Waals surface area contributed by atoms with Gasteiger partial charge in [-0.15, -0.1) is 0 Å². The second-order valence-corrected chi connectivity index (χ2v) is 2.96. The van der Waals surface area contributed by atoms with Gasteiger partial charge < -0.3 is 10.5 Å². The minimum absolute atomic E-state index is 0.490. The van der Waals surface area contributed by atoms with Gasteiger partial charge in [0.2, 0.25) is 0 Å². The SMILES string of the molecule is CCc1cnc(N=C(C)N)cc1OC.